The molecule has 0 aromatic rings. The largest absolute Gasteiger partial charge is 0.396 e. The second-order valence-electron chi connectivity index (χ2n) is 4.01. The molecular weight excluding hydrogens is 218 g/mol. The highest BCUT2D eigenvalue weighted by molar-refractivity contribution is 5.05. The monoisotopic (exact) mass is 239 g/mol. The van der Waals surface area contributed by atoms with E-state index in [9.17, 15) is 10.2 Å². The second kappa shape index (κ2) is 6.45. The molecule has 7 nitrogen and oxygen atoms in total. The first kappa shape index (κ1) is 15.7. The van der Waals surface area contributed by atoms with Crippen molar-refractivity contribution < 1.29 is 30.6 Å². The first-order valence-corrected chi connectivity index (χ1v) is 4.96. The number of aliphatic hydroxyl groups is 6. The summed E-state index contributed by atoms with van der Waals surface area (Å²) < 4.78 is 0. The molecule has 0 saturated heterocycles. The van der Waals surface area contributed by atoms with Crippen LogP contribution in [0, 0.1) is 11.3 Å². The van der Waals surface area contributed by atoms with Gasteiger partial charge in [0, 0.05) is 24.5 Å². The van der Waals surface area contributed by atoms with Gasteiger partial charge in [0.05, 0.1) is 32.0 Å². The molecule has 7 heteroatoms. The Labute approximate surface area is 93.8 Å². The van der Waals surface area contributed by atoms with E-state index in [-0.39, 0.29) is 0 Å². The van der Waals surface area contributed by atoms with Crippen LogP contribution in [0.25, 0.3) is 0 Å². The van der Waals surface area contributed by atoms with Crippen molar-refractivity contribution in [1.82, 2.24) is 0 Å². The van der Waals surface area contributed by atoms with E-state index < -0.39 is 56.5 Å². The van der Waals surface area contributed by atoms with Crippen LogP contribution in [0.1, 0.15) is 0 Å². The summed E-state index contributed by atoms with van der Waals surface area (Å²) >= 11 is 0. The predicted octanol–water partition coefficient (Wildman–Crippen LogP) is -3.76. The van der Waals surface area contributed by atoms with Crippen LogP contribution >= 0.6 is 0 Å². The van der Waals surface area contributed by atoms with Gasteiger partial charge in [-0.2, -0.15) is 0 Å². The number of rotatable bonds is 8. The van der Waals surface area contributed by atoms with Crippen molar-refractivity contribution in [3.05, 3.63) is 0 Å². The number of hydrogen-bond acceptors (Lipinski definition) is 7. The Kier molecular flexibility index (Phi) is 6.34. The topological polar surface area (TPSA) is 147 Å². The minimum absolute atomic E-state index is 0.531. The van der Waals surface area contributed by atoms with Gasteiger partial charge in [0.2, 0.25) is 0 Å². The summed E-state index contributed by atoms with van der Waals surface area (Å²) in [6.45, 7) is -3.80. The maximum atomic E-state index is 9.32. The van der Waals surface area contributed by atoms with Crippen LogP contribution in [0.5, 0.6) is 0 Å². The van der Waals surface area contributed by atoms with Gasteiger partial charge >= 0.3 is 0 Å². The molecule has 0 bridgehead atoms. The van der Waals surface area contributed by atoms with E-state index in [0.29, 0.717) is 0 Å². The summed E-state index contributed by atoms with van der Waals surface area (Å²) in [4.78, 5) is 0. The third kappa shape index (κ3) is 2.35. The smallest absolute Gasteiger partial charge is 0.0728 e. The molecule has 0 unspecified atom stereocenters. The third-order valence-corrected chi connectivity index (χ3v) is 3.34. The van der Waals surface area contributed by atoms with Crippen LogP contribution in [0.15, 0.2) is 0 Å². The maximum absolute atomic E-state index is 9.32. The Bertz CT molecular complexity index is 188. The summed E-state index contributed by atoms with van der Waals surface area (Å²) in [7, 11) is 0. The van der Waals surface area contributed by atoms with Crippen molar-refractivity contribution in [1.29, 1.82) is 0 Å². The first-order chi connectivity index (χ1) is 7.51. The van der Waals surface area contributed by atoms with Crippen molar-refractivity contribution in [3.63, 3.8) is 0 Å². The highest BCUT2D eigenvalue weighted by Gasteiger charge is 2.52. The summed E-state index contributed by atoms with van der Waals surface area (Å²) in [6.07, 6.45) is 0. The standard InChI is InChI=1S/C9H21NO6/c10-9(5-15,6-16)8(3-13,4-14)7(1-11)2-12/h7,11-16H,1-6,10H2. The third-order valence-electron chi connectivity index (χ3n) is 3.34. The zero-order valence-electron chi connectivity index (χ0n) is 9.08. The van der Waals surface area contributed by atoms with Gasteiger partial charge in [-0.3, -0.25) is 0 Å². The summed E-state index contributed by atoms with van der Waals surface area (Å²) in [6, 6.07) is 0. The van der Waals surface area contributed by atoms with E-state index >= 15 is 0 Å². The predicted molar refractivity (Wildman–Crippen MR) is 55.4 cm³/mol. The molecule has 16 heavy (non-hydrogen) atoms. The zero-order chi connectivity index (χ0) is 12.8. The Morgan fingerprint density at radius 2 is 1.12 bits per heavy atom. The molecular formula is C9H21NO6. The number of hydrogen-bond donors (Lipinski definition) is 7. The van der Waals surface area contributed by atoms with Gasteiger partial charge in [-0.25, -0.2) is 0 Å². The van der Waals surface area contributed by atoms with E-state index in [1.165, 1.54) is 0 Å². The average Bonchev–Trinajstić information content (AvgIpc) is 2.35. The molecule has 0 aromatic heterocycles. The van der Waals surface area contributed by atoms with Crippen molar-refractivity contribution >= 4 is 0 Å². The van der Waals surface area contributed by atoms with Gasteiger partial charge in [-0.05, 0) is 0 Å². The molecule has 0 aliphatic carbocycles. The van der Waals surface area contributed by atoms with Gasteiger partial charge in [0.25, 0.3) is 0 Å². The van der Waals surface area contributed by atoms with E-state index in [1.54, 1.807) is 0 Å². The van der Waals surface area contributed by atoms with Crippen molar-refractivity contribution in [2.24, 2.45) is 17.1 Å². The lowest BCUT2D eigenvalue weighted by Gasteiger charge is -2.48. The molecule has 0 saturated carbocycles. The Morgan fingerprint density at radius 3 is 1.31 bits per heavy atom. The van der Waals surface area contributed by atoms with Crippen LogP contribution in [0.2, 0.25) is 0 Å². The van der Waals surface area contributed by atoms with Crippen LogP contribution < -0.4 is 5.73 Å². The van der Waals surface area contributed by atoms with Gasteiger partial charge in [-0.1, -0.05) is 0 Å². The lowest BCUT2D eigenvalue weighted by atomic mass is 9.63. The lowest BCUT2D eigenvalue weighted by molar-refractivity contribution is -0.117. The van der Waals surface area contributed by atoms with Crippen LogP contribution in [-0.4, -0.2) is 75.8 Å². The Morgan fingerprint density at radius 1 is 0.750 bits per heavy atom. The summed E-state index contributed by atoms with van der Waals surface area (Å²) in [5.41, 5.74) is 2.46. The van der Waals surface area contributed by atoms with Crippen molar-refractivity contribution in [2.75, 3.05) is 39.6 Å². The molecule has 8 N–H and O–H groups in total. The average molecular weight is 239 g/mol. The minimum atomic E-state index is -1.69. The van der Waals surface area contributed by atoms with Gasteiger partial charge in [0.1, 0.15) is 0 Å². The summed E-state index contributed by atoms with van der Waals surface area (Å²) in [5.74, 6) is -0.938. The highest BCUT2D eigenvalue weighted by atomic mass is 16.3. The van der Waals surface area contributed by atoms with Crippen molar-refractivity contribution in [3.8, 4) is 0 Å². The number of aliphatic hydroxyl groups excluding tert-OH is 6. The van der Waals surface area contributed by atoms with Gasteiger partial charge < -0.3 is 36.4 Å². The lowest BCUT2D eigenvalue weighted by Crippen LogP contribution is -2.68. The van der Waals surface area contributed by atoms with Crippen LogP contribution in [0.3, 0.4) is 0 Å². The van der Waals surface area contributed by atoms with Gasteiger partial charge in [-0.15, -0.1) is 0 Å². The molecule has 0 amide bonds. The Hall–Kier alpha value is -0.280. The molecule has 0 spiro atoms. The van der Waals surface area contributed by atoms with E-state index in [0.717, 1.165) is 0 Å². The molecule has 0 radical (unpaired) electrons. The maximum Gasteiger partial charge on any atom is 0.0728 e. The van der Waals surface area contributed by atoms with Crippen molar-refractivity contribution in [2.45, 2.75) is 5.54 Å². The fourth-order valence-electron chi connectivity index (χ4n) is 1.80. The number of nitrogens with two attached hydrogens (primary N) is 1. The van der Waals surface area contributed by atoms with E-state index in [1.807, 2.05) is 0 Å². The molecule has 0 aliphatic heterocycles. The van der Waals surface area contributed by atoms with Gasteiger partial charge in [0.15, 0.2) is 0 Å². The molecule has 0 rings (SSSR count). The SMILES string of the molecule is NC(CO)(CO)C(CO)(CO)C(CO)CO. The summed E-state index contributed by atoms with van der Waals surface area (Å²) in [5, 5.41) is 55.1. The fourth-order valence-corrected chi connectivity index (χ4v) is 1.80. The highest BCUT2D eigenvalue weighted by Crippen LogP contribution is 2.36. The molecule has 0 aromatic carbocycles. The van der Waals surface area contributed by atoms with E-state index in [2.05, 4.69) is 0 Å². The molecule has 0 aliphatic rings. The quantitative estimate of drug-likeness (QED) is 0.230. The molecule has 0 fully saturated rings. The Balaban J connectivity index is 5.36. The molecule has 98 valence electrons. The fraction of sp³-hybridized carbons (Fsp3) is 1.00. The normalized spacial score (nSPS) is 13.5. The van der Waals surface area contributed by atoms with E-state index in [4.69, 9.17) is 26.2 Å². The first-order valence-electron chi connectivity index (χ1n) is 4.96. The second-order valence-corrected chi connectivity index (χ2v) is 4.01. The minimum Gasteiger partial charge on any atom is -0.396 e. The van der Waals surface area contributed by atoms with Crippen LogP contribution in [0.4, 0.5) is 0 Å². The zero-order valence-corrected chi connectivity index (χ0v) is 9.08. The molecule has 0 atom stereocenters. The molecule has 0 heterocycles. The van der Waals surface area contributed by atoms with Crippen LogP contribution in [-0.2, 0) is 0 Å².